The van der Waals surface area contributed by atoms with Gasteiger partial charge in [0.1, 0.15) is 6.04 Å². The minimum absolute atomic E-state index is 0.102. The molecule has 1 rings (SSSR count). The van der Waals surface area contributed by atoms with Crippen LogP contribution >= 0.6 is 0 Å². The largest absolute Gasteiger partial charge is 0.480 e. The molecule has 8 heteroatoms. The van der Waals surface area contributed by atoms with E-state index in [9.17, 15) is 9.59 Å². The molecule has 0 radical (unpaired) electrons. The van der Waals surface area contributed by atoms with E-state index >= 15 is 0 Å². The summed E-state index contributed by atoms with van der Waals surface area (Å²) in [4.78, 5) is 26.8. The molecule has 0 aromatic carbocycles. The van der Waals surface area contributed by atoms with Gasteiger partial charge in [-0.1, -0.05) is 12.1 Å². The fraction of sp³-hybridized carbons (Fsp3) is 0.692. The van der Waals surface area contributed by atoms with E-state index in [2.05, 4.69) is 15.5 Å². The van der Waals surface area contributed by atoms with Gasteiger partial charge in [-0.15, -0.1) is 0 Å². The highest BCUT2D eigenvalue weighted by molar-refractivity contribution is 5.83. The van der Waals surface area contributed by atoms with Gasteiger partial charge in [-0.25, -0.2) is 4.79 Å². The minimum Gasteiger partial charge on any atom is -0.480 e. The average molecular weight is 299 g/mol. The Morgan fingerprint density at radius 3 is 2.81 bits per heavy atom. The fourth-order valence-corrected chi connectivity index (χ4v) is 1.70. The van der Waals surface area contributed by atoms with Crippen LogP contribution in [0.3, 0.4) is 0 Å². The van der Waals surface area contributed by atoms with Gasteiger partial charge in [0, 0.05) is 39.4 Å². The molecule has 0 fully saturated rings. The molecule has 0 spiro atoms. The van der Waals surface area contributed by atoms with Crippen molar-refractivity contribution in [2.75, 3.05) is 13.7 Å². The Labute approximate surface area is 122 Å². The summed E-state index contributed by atoms with van der Waals surface area (Å²) in [5, 5.41) is 15.2. The molecule has 1 amide bonds. The Morgan fingerprint density at radius 1 is 1.43 bits per heavy atom. The molecule has 1 aromatic heterocycles. The maximum Gasteiger partial charge on any atom is 0.326 e. The van der Waals surface area contributed by atoms with E-state index in [1.165, 1.54) is 7.11 Å². The summed E-state index contributed by atoms with van der Waals surface area (Å²) in [7, 11) is 1.48. The van der Waals surface area contributed by atoms with E-state index in [1.54, 1.807) is 0 Å². The number of ether oxygens (including phenoxy) is 1. The highest BCUT2D eigenvalue weighted by Crippen LogP contribution is 2.03. The van der Waals surface area contributed by atoms with Crippen molar-refractivity contribution in [3.8, 4) is 0 Å². The summed E-state index contributed by atoms with van der Waals surface area (Å²) in [5.41, 5.74) is 0. The summed E-state index contributed by atoms with van der Waals surface area (Å²) >= 11 is 0. The zero-order chi connectivity index (χ0) is 15.7. The van der Waals surface area contributed by atoms with Gasteiger partial charge in [0.05, 0.1) is 0 Å². The number of rotatable bonds is 10. The smallest absolute Gasteiger partial charge is 0.326 e. The van der Waals surface area contributed by atoms with E-state index in [4.69, 9.17) is 14.4 Å². The van der Waals surface area contributed by atoms with Gasteiger partial charge in [-0.3, -0.25) is 4.79 Å². The Morgan fingerprint density at radius 2 is 2.19 bits per heavy atom. The molecular formula is C13H21N3O5. The maximum atomic E-state index is 11.7. The van der Waals surface area contributed by atoms with E-state index < -0.39 is 12.0 Å². The highest BCUT2D eigenvalue weighted by Gasteiger charge is 2.19. The minimum atomic E-state index is -1.08. The van der Waals surface area contributed by atoms with E-state index in [0.29, 0.717) is 18.1 Å². The number of carboxylic acids is 1. The number of methoxy groups -OCH3 is 1. The molecule has 1 atom stereocenters. The number of hydrogen-bond acceptors (Lipinski definition) is 6. The number of carbonyl (C=O) groups is 2. The van der Waals surface area contributed by atoms with Gasteiger partial charge in [0.25, 0.3) is 0 Å². The zero-order valence-corrected chi connectivity index (χ0v) is 12.3. The first kappa shape index (κ1) is 17.1. The number of hydrogen-bond donors (Lipinski definition) is 2. The molecule has 0 bridgehead atoms. The van der Waals surface area contributed by atoms with Gasteiger partial charge in [-0.05, 0) is 6.42 Å². The van der Waals surface area contributed by atoms with Crippen molar-refractivity contribution in [3.63, 3.8) is 0 Å². The quantitative estimate of drug-likeness (QED) is 0.648. The van der Waals surface area contributed by atoms with Gasteiger partial charge >= 0.3 is 5.97 Å². The summed E-state index contributed by atoms with van der Waals surface area (Å²) in [6, 6.07) is -0.948. The fourth-order valence-electron chi connectivity index (χ4n) is 1.70. The predicted octanol–water partition coefficient (Wildman–Crippen LogP) is 0.561. The SMILES string of the molecule is CCCc1noc(CCC(=O)NC(CCOC)C(=O)O)n1. The predicted molar refractivity (Wildman–Crippen MR) is 72.7 cm³/mol. The van der Waals surface area contributed by atoms with E-state index in [-0.39, 0.29) is 25.4 Å². The molecule has 21 heavy (non-hydrogen) atoms. The van der Waals surface area contributed by atoms with Crippen LogP contribution in [0.1, 0.15) is 37.9 Å². The lowest BCUT2D eigenvalue weighted by atomic mass is 10.2. The lowest BCUT2D eigenvalue weighted by Crippen LogP contribution is -2.41. The third-order valence-corrected chi connectivity index (χ3v) is 2.79. The molecule has 118 valence electrons. The van der Waals surface area contributed by atoms with Gasteiger partial charge < -0.3 is 19.7 Å². The number of aromatic nitrogens is 2. The van der Waals surface area contributed by atoms with Crippen LogP contribution < -0.4 is 5.32 Å². The van der Waals surface area contributed by atoms with Crippen molar-refractivity contribution in [1.29, 1.82) is 0 Å². The first-order chi connectivity index (χ1) is 10.1. The van der Waals surface area contributed by atoms with Crippen molar-refractivity contribution in [2.24, 2.45) is 0 Å². The number of aryl methyl sites for hydroxylation is 2. The molecule has 1 heterocycles. The van der Waals surface area contributed by atoms with Gasteiger partial charge in [-0.2, -0.15) is 4.98 Å². The van der Waals surface area contributed by atoms with Crippen LogP contribution in [0.4, 0.5) is 0 Å². The molecule has 0 aliphatic carbocycles. The standard InChI is InChI=1S/C13H21N3O5/c1-3-4-10-15-12(21-16-10)6-5-11(17)14-9(13(18)19)7-8-20-2/h9H,3-8H2,1-2H3,(H,14,17)(H,18,19). The summed E-state index contributed by atoms with van der Waals surface area (Å²) in [6.07, 6.45) is 2.26. The molecule has 1 aromatic rings. The number of nitrogens with zero attached hydrogens (tertiary/aromatic N) is 2. The molecule has 8 nitrogen and oxygen atoms in total. The number of carboxylic acid groups (broad SMARTS) is 1. The van der Waals surface area contributed by atoms with Crippen LogP contribution in [-0.2, 0) is 27.2 Å². The Kier molecular flexibility index (Phi) is 7.38. The molecule has 2 N–H and O–H groups in total. The first-order valence-corrected chi connectivity index (χ1v) is 6.89. The zero-order valence-electron chi connectivity index (χ0n) is 12.3. The monoisotopic (exact) mass is 299 g/mol. The topological polar surface area (TPSA) is 115 Å². The average Bonchev–Trinajstić information content (AvgIpc) is 2.89. The number of nitrogens with one attached hydrogen (secondary N) is 1. The second-order valence-electron chi connectivity index (χ2n) is 4.59. The second kappa shape index (κ2) is 9.06. The van der Waals surface area contributed by atoms with Crippen LogP contribution in [0.15, 0.2) is 4.52 Å². The Hall–Kier alpha value is -1.96. The van der Waals surface area contributed by atoms with Gasteiger partial charge in [0.15, 0.2) is 5.82 Å². The number of carbonyl (C=O) groups excluding carboxylic acids is 1. The Balaban J connectivity index is 2.39. The summed E-state index contributed by atoms with van der Waals surface area (Å²) in [6.45, 7) is 2.27. The first-order valence-electron chi connectivity index (χ1n) is 6.89. The second-order valence-corrected chi connectivity index (χ2v) is 4.59. The molecule has 0 aliphatic heterocycles. The van der Waals surface area contributed by atoms with Crippen molar-refractivity contribution in [2.45, 2.75) is 45.1 Å². The van der Waals surface area contributed by atoms with Crippen molar-refractivity contribution in [1.82, 2.24) is 15.5 Å². The van der Waals surface area contributed by atoms with Crippen LogP contribution in [0.5, 0.6) is 0 Å². The normalized spacial score (nSPS) is 12.1. The van der Waals surface area contributed by atoms with Crippen LogP contribution in [0.25, 0.3) is 0 Å². The van der Waals surface area contributed by atoms with E-state index in [0.717, 1.165) is 12.8 Å². The third kappa shape index (κ3) is 6.35. The highest BCUT2D eigenvalue weighted by atomic mass is 16.5. The molecule has 0 saturated heterocycles. The maximum absolute atomic E-state index is 11.7. The lowest BCUT2D eigenvalue weighted by Gasteiger charge is -2.13. The summed E-state index contributed by atoms with van der Waals surface area (Å²) in [5.74, 6) is -0.439. The number of aliphatic carboxylic acids is 1. The van der Waals surface area contributed by atoms with Crippen molar-refractivity contribution in [3.05, 3.63) is 11.7 Å². The number of amides is 1. The van der Waals surface area contributed by atoms with Crippen LogP contribution in [0, 0.1) is 0 Å². The third-order valence-electron chi connectivity index (χ3n) is 2.79. The van der Waals surface area contributed by atoms with Crippen molar-refractivity contribution >= 4 is 11.9 Å². The summed E-state index contributed by atoms with van der Waals surface area (Å²) < 4.78 is 9.82. The van der Waals surface area contributed by atoms with Crippen LogP contribution in [0.2, 0.25) is 0 Å². The Bertz CT molecular complexity index is 460. The van der Waals surface area contributed by atoms with Gasteiger partial charge in [0.2, 0.25) is 11.8 Å². The molecule has 0 saturated carbocycles. The van der Waals surface area contributed by atoms with E-state index in [1.807, 2.05) is 6.92 Å². The molecular weight excluding hydrogens is 278 g/mol. The van der Waals surface area contributed by atoms with Crippen molar-refractivity contribution < 1.29 is 24.0 Å². The molecule has 0 aliphatic rings. The lowest BCUT2D eigenvalue weighted by molar-refractivity contribution is -0.142. The molecule has 1 unspecified atom stereocenters. The van der Waals surface area contributed by atoms with Crippen LogP contribution in [-0.4, -0.2) is 46.9 Å².